The third-order valence-corrected chi connectivity index (χ3v) is 7.27. The van der Waals surface area contributed by atoms with Crippen molar-refractivity contribution in [3.8, 4) is 5.75 Å². The Balaban J connectivity index is 0.000000459. The van der Waals surface area contributed by atoms with E-state index in [1.165, 1.54) is 39.0 Å². The number of carbonyl (C=O) groups excluding carboxylic acids is 2. The van der Waals surface area contributed by atoms with Crippen molar-refractivity contribution in [2.45, 2.75) is 92.1 Å². The first kappa shape index (κ1) is 30.2. The number of nitrogens with two attached hydrogens (primary N) is 1. The van der Waals surface area contributed by atoms with Gasteiger partial charge in [-0.1, -0.05) is 45.2 Å². The van der Waals surface area contributed by atoms with E-state index in [1.807, 2.05) is 49.9 Å². The summed E-state index contributed by atoms with van der Waals surface area (Å²) in [6.07, 6.45) is 8.36. The lowest BCUT2D eigenvalue weighted by atomic mass is 9.71. The number of benzene rings is 1. The second kappa shape index (κ2) is 12.7. The molecule has 9 heteroatoms. The minimum absolute atomic E-state index is 0.0280. The molecule has 3 heterocycles. The minimum Gasteiger partial charge on any atom is -0.494 e. The van der Waals surface area contributed by atoms with Crippen LogP contribution in [0.2, 0.25) is 0 Å². The van der Waals surface area contributed by atoms with E-state index >= 15 is 0 Å². The van der Waals surface area contributed by atoms with Gasteiger partial charge in [-0.25, -0.2) is 4.98 Å². The maximum Gasteiger partial charge on any atom is 0.303 e. The Bertz CT molecular complexity index is 1290. The Labute approximate surface area is 232 Å². The Morgan fingerprint density at radius 3 is 2.33 bits per heavy atom. The molecule has 2 aromatic heterocycles. The molecule has 214 valence electrons. The third-order valence-electron chi connectivity index (χ3n) is 7.27. The molecule has 0 unspecified atom stereocenters. The van der Waals surface area contributed by atoms with Crippen LogP contribution in [0.4, 0.5) is 5.95 Å². The number of hydrogen-bond donors (Lipinski definition) is 1. The first-order chi connectivity index (χ1) is 18.4. The predicted octanol–water partition coefficient (Wildman–Crippen LogP) is 6.03. The van der Waals surface area contributed by atoms with Crippen LogP contribution in [-0.2, 0) is 9.53 Å². The molecule has 9 nitrogen and oxygen atoms in total. The maximum absolute atomic E-state index is 13.3. The second-order valence-electron chi connectivity index (χ2n) is 11.5. The van der Waals surface area contributed by atoms with E-state index in [-0.39, 0.29) is 23.4 Å². The van der Waals surface area contributed by atoms with E-state index in [2.05, 4.69) is 23.9 Å². The van der Waals surface area contributed by atoms with Crippen LogP contribution in [0.15, 0.2) is 24.3 Å². The van der Waals surface area contributed by atoms with Gasteiger partial charge in [-0.2, -0.15) is 9.61 Å². The van der Waals surface area contributed by atoms with Crippen LogP contribution >= 0.6 is 0 Å². The lowest BCUT2D eigenvalue weighted by Gasteiger charge is -2.42. The molecule has 0 atom stereocenters. The van der Waals surface area contributed by atoms with Crippen LogP contribution in [0.5, 0.6) is 5.75 Å². The number of likely N-dealkylation sites (tertiary alicyclic amines) is 1. The number of rotatable bonds is 7. The first-order valence-corrected chi connectivity index (χ1v) is 14.0. The molecule has 1 aromatic carbocycles. The van der Waals surface area contributed by atoms with Gasteiger partial charge in [0.2, 0.25) is 5.95 Å². The van der Waals surface area contributed by atoms with Crippen LogP contribution in [0.25, 0.3) is 16.4 Å². The molecule has 0 bridgehead atoms. The summed E-state index contributed by atoms with van der Waals surface area (Å²) in [4.78, 5) is 29.9. The number of nitrogen functional groups attached to an aromatic ring is 1. The summed E-state index contributed by atoms with van der Waals surface area (Å²) in [5, 5.41) is 5.37. The lowest BCUT2D eigenvalue weighted by molar-refractivity contribution is -0.151. The molecule has 0 radical (unpaired) electrons. The fraction of sp³-hybridized carbons (Fsp3) is 0.600. The normalized spacial score (nSPS) is 15.1. The van der Waals surface area contributed by atoms with E-state index in [4.69, 9.17) is 15.2 Å². The molecule has 0 aliphatic carbocycles. The highest BCUT2D eigenvalue weighted by atomic mass is 16.6. The van der Waals surface area contributed by atoms with E-state index in [1.54, 1.807) is 11.6 Å². The molecule has 2 N–H and O–H groups in total. The number of esters is 1. The summed E-state index contributed by atoms with van der Waals surface area (Å²) >= 11 is 0. The van der Waals surface area contributed by atoms with Crippen molar-refractivity contribution in [2.24, 2.45) is 5.41 Å². The number of unbranched alkanes of at least 4 members (excludes halogenated alkanes) is 1. The summed E-state index contributed by atoms with van der Waals surface area (Å²) in [5.41, 5.74) is 8.08. The van der Waals surface area contributed by atoms with E-state index in [0.717, 1.165) is 36.8 Å². The summed E-state index contributed by atoms with van der Waals surface area (Å²) < 4.78 is 11.8. The van der Waals surface area contributed by atoms with E-state index < -0.39 is 0 Å². The van der Waals surface area contributed by atoms with E-state index in [9.17, 15) is 9.59 Å². The number of amides is 1. The number of methoxy groups -OCH3 is 1. The predicted molar refractivity (Wildman–Crippen MR) is 155 cm³/mol. The summed E-state index contributed by atoms with van der Waals surface area (Å²) in [6.45, 7) is 13.0. The SMILES string of the molecule is CC(=O)OC(C)(C)C.CCCCC1(CCC)CCN(C(=O)c2cc3c4cccc(OC)c4nc(N)n3n2)CC1. The molecule has 39 heavy (non-hydrogen) atoms. The minimum atomic E-state index is -0.328. The zero-order valence-corrected chi connectivity index (χ0v) is 24.7. The number of fused-ring (bicyclic) bond motifs is 3. The van der Waals surface area contributed by atoms with Gasteiger partial charge in [-0.15, -0.1) is 0 Å². The smallest absolute Gasteiger partial charge is 0.303 e. The van der Waals surface area contributed by atoms with Gasteiger partial charge in [0.25, 0.3) is 5.91 Å². The molecule has 3 aromatic rings. The molecule has 1 saturated heterocycles. The van der Waals surface area contributed by atoms with Gasteiger partial charge in [0.15, 0.2) is 5.69 Å². The maximum atomic E-state index is 13.3. The first-order valence-electron chi connectivity index (χ1n) is 14.0. The topological polar surface area (TPSA) is 112 Å². The van der Waals surface area contributed by atoms with Gasteiger partial charge in [-0.05, 0) is 64.0 Å². The molecular weight excluding hydrogens is 494 g/mol. The quantitative estimate of drug-likeness (QED) is 0.365. The molecule has 1 aliphatic rings. The van der Waals surface area contributed by atoms with Gasteiger partial charge in [0.05, 0.1) is 12.6 Å². The zero-order chi connectivity index (χ0) is 28.8. The summed E-state index contributed by atoms with van der Waals surface area (Å²) in [6, 6.07) is 7.53. The lowest BCUT2D eigenvalue weighted by Crippen LogP contribution is -2.43. The Morgan fingerprint density at radius 1 is 1.10 bits per heavy atom. The molecule has 1 fully saturated rings. The zero-order valence-electron chi connectivity index (χ0n) is 24.7. The highest BCUT2D eigenvalue weighted by Gasteiger charge is 2.35. The number of para-hydroxylation sites is 1. The van der Waals surface area contributed by atoms with Crippen LogP contribution < -0.4 is 10.5 Å². The molecular formula is C30H45N5O4. The Morgan fingerprint density at radius 2 is 1.79 bits per heavy atom. The molecule has 4 rings (SSSR count). The molecule has 1 amide bonds. The van der Waals surface area contributed by atoms with Crippen LogP contribution in [-0.4, -0.2) is 57.2 Å². The monoisotopic (exact) mass is 539 g/mol. The standard InChI is InChI=1S/C24H33N5O2.C6H12O2/c1-4-6-11-24(10-5-2)12-14-28(15-13-24)22(30)18-16-19-17-8-7-9-20(31-3)21(17)26-23(25)29(19)27-18;1-5(7)8-6(2,3)4/h7-9,16H,4-6,10-15H2,1-3H3,(H2,25,26);1-4H3. The largest absolute Gasteiger partial charge is 0.494 e. The van der Waals surface area contributed by atoms with Crippen molar-refractivity contribution in [2.75, 3.05) is 25.9 Å². The van der Waals surface area contributed by atoms with Crippen molar-refractivity contribution in [1.82, 2.24) is 19.5 Å². The number of aromatic nitrogens is 3. The number of hydrogen-bond acceptors (Lipinski definition) is 7. The van der Waals surface area contributed by atoms with Crippen molar-refractivity contribution in [3.05, 3.63) is 30.0 Å². The fourth-order valence-corrected chi connectivity index (χ4v) is 5.51. The molecule has 0 spiro atoms. The Kier molecular flexibility index (Phi) is 9.80. The van der Waals surface area contributed by atoms with Gasteiger partial charge in [0.1, 0.15) is 16.9 Å². The molecule has 0 saturated carbocycles. The van der Waals surface area contributed by atoms with Gasteiger partial charge in [0, 0.05) is 25.4 Å². The number of anilines is 1. The highest BCUT2D eigenvalue weighted by Crippen LogP contribution is 2.41. The number of ether oxygens (including phenoxy) is 2. The van der Waals surface area contributed by atoms with Crippen LogP contribution in [0, 0.1) is 5.41 Å². The van der Waals surface area contributed by atoms with Crippen molar-refractivity contribution in [3.63, 3.8) is 0 Å². The third kappa shape index (κ3) is 7.40. The average Bonchev–Trinajstić information content (AvgIpc) is 3.33. The van der Waals surface area contributed by atoms with Gasteiger partial charge in [-0.3, -0.25) is 9.59 Å². The Hall–Kier alpha value is -3.36. The average molecular weight is 540 g/mol. The number of carbonyl (C=O) groups is 2. The van der Waals surface area contributed by atoms with Crippen molar-refractivity contribution >= 4 is 34.2 Å². The molecule has 1 aliphatic heterocycles. The highest BCUT2D eigenvalue weighted by molar-refractivity contribution is 6.01. The second-order valence-corrected chi connectivity index (χ2v) is 11.5. The van der Waals surface area contributed by atoms with Gasteiger partial charge >= 0.3 is 5.97 Å². The van der Waals surface area contributed by atoms with E-state index in [0.29, 0.717) is 22.4 Å². The van der Waals surface area contributed by atoms with Crippen molar-refractivity contribution < 1.29 is 19.1 Å². The van der Waals surface area contributed by atoms with Crippen molar-refractivity contribution in [1.29, 1.82) is 0 Å². The van der Waals surface area contributed by atoms with Gasteiger partial charge < -0.3 is 20.1 Å². The number of nitrogens with zero attached hydrogens (tertiary/aromatic N) is 4. The van der Waals surface area contributed by atoms with Crippen LogP contribution in [0.1, 0.15) is 97.0 Å². The summed E-state index contributed by atoms with van der Waals surface area (Å²) in [5.74, 6) is 0.639. The number of piperidine rings is 1. The fourth-order valence-electron chi connectivity index (χ4n) is 5.51. The van der Waals surface area contributed by atoms with Crippen LogP contribution in [0.3, 0.4) is 0 Å². The summed E-state index contributed by atoms with van der Waals surface area (Å²) in [7, 11) is 1.61.